The SMILES string of the molecule is COc1ccc(CCNC(=O)c2ccccc2NC(=O)Cc2cccs2)cc1OC. The van der Waals surface area contributed by atoms with E-state index in [9.17, 15) is 9.59 Å². The maximum Gasteiger partial charge on any atom is 0.253 e. The van der Waals surface area contributed by atoms with Crippen LogP contribution in [-0.2, 0) is 17.6 Å². The molecule has 0 atom stereocenters. The second kappa shape index (κ2) is 10.5. The Bertz CT molecular complexity index is 1000. The zero-order chi connectivity index (χ0) is 21.3. The first-order valence-corrected chi connectivity index (χ1v) is 10.4. The molecular formula is C23H24N2O4S. The van der Waals surface area contributed by atoms with Crippen LogP contribution in [0.4, 0.5) is 5.69 Å². The minimum absolute atomic E-state index is 0.150. The van der Waals surface area contributed by atoms with E-state index in [1.165, 1.54) is 11.3 Å². The van der Waals surface area contributed by atoms with Crippen molar-refractivity contribution in [3.63, 3.8) is 0 Å². The molecule has 0 aliphatic carbocycles. The average Bonchev–Trinajstić information content (AvgIpc) is 3.26. The Kier molecular flexibility index (Phi) is 7.45. The number of carbonyl (C=O) groups excluding carboxylic acids is 2. The molecule has 1 aromatic heterocycles. The number of ether oxygens (including phenoxy) is 2. The maximum absolute atomic E-state index is 12.7. The molecule has 3 aromatic rings. The lowest BCUT2D eigenvalue weighted by Gasteiger charge is -2.12. The maximum atomic E-state index is 12.7. The molecule has 0 unspecified atom stereocenters. The molecule has 0 saturated carbocycles. The fourth-order valence-corrected chi connectivity index (χ4v) is 3.71. The van der Waals surface area contributed by atoms with Gasteiger partial charge in [0.15, 0.2) is 11.5 Å². The molecule has 6 nitrogen and oxygen atoms in total. The van der Waals surface area contributed by atoms with Crippen molar-refractivity contribution < 1.29 is 19.1 Å². The highest BCUT2D eigenvalue weighted by atomic mass is 32.1. The van der Waals surface area contributed by atoms with Crippen molar-refractivity contribution in [3.05, 3.63) is 76.0 Å². The van der Waals surface area contributed by atoms with Crippen molar-refractivity contribution >= 4 is 28.8 Å². The molecule has 3 rings (SSSR count). The summed E-state index contributed by atoms with van der Waals surface area (Å²) in [6.07, 6.45) is 0.923. The summed E-state index contributed by atoms with van der Waals surface area (Å²) in [6.45, 7) is 0.450. The van der Waals surface area contributed by atoms with Crippen molar-refractivity contribution in [2.75, 3.05) is 26.1 Å². The average molecular weight is 425 g/mol. The van der Waals surface area contributed by atoms with Crippen LogP contribution in [0.5, 0.6) is 11.5 Å². The van der Waals surface area contributed by atoms with Gasteiger partial charge >= 0.3 is 0 Å². The van der Waals surface area contributed by atoms with Gasteiger partial charge in [-0.15, -0.1) is 11.3 Å². The van der Waals surface area contributed by atoms with Crippen molar-refractivity contribution in [3.8, 4) is 11.5 Å². The molecule has 0 saturated heterocycles. The van der Waals surface area contributed by atoms with Crippen LogP contribution in [0.15, 0.2) is 60.0 Å². The molecule has 1 heterocycles. The lowest BCUT2D eigenvalue weighted by atomic mass is 10.1. The molecule has 30 heavy (non-hydrogen) atoms. The summed E-state index contributed by atoms with van der Waals surface area (Å²) in [4.78, 5) is 26.0. The molecule has 2 amide bonds. The Balaban J connectivity index is 1.58. The van der Waals surface area contributed by atoms with Gasteiger partial charge in [0.1, 0.15) is 0 Å². The highest BCUT2D eigenvalue weighted by Gasteiger charge is 2.13. The molecule has 0 radical (unpaired) electrons. The summed E-state index contributed by atoms with van der Waals surface area (Å²) in [5, 5.41) is 7.69. The molecular weight excluding hydrogens is 400 g/mol. The van der Waals surface area contributed by atoms with E-state index < -0.39 is 0 Å². The standard InChI is InChI=1S/C23H24N2O4S/c1-28-20-10-9-16(14-21(20)29-2)11-12-24-23(27)18-7-3-4-8-19(18)25-22(26)15-17-6-5-13-30-17/h3-10,13-14H,11-12,15H2,1-2H3,(H,24,27)(H,25,26). The van der Waals surface area contributed by atoms with Gasteiger partial charge in [0.25, 0.3) is 5.91 Å². The number of carbonyl (C=O) groups is 2. The summed E-state index contributed by atoms with van der Waals surface area (Å²) < 4.78 is 10.6. The molecule has 0 fully saturated rings. The van der Waals surface area contributed by atoms with Gasteiger partial charge in [0, 0.05) is 11.4 Å². The largest absolute Gasteiger partial charge is 0.493 e. The monoisotopic (exact) mass is 424 g/mol. The number of anilines is 1. The van der Waals surface area contributed by atoms with Gasteiger partial charge in [-0.25, -0.2) is 0 Å². The van der Waals surface area contributed by atoms with Crippen LogP contribution in [0.25, 0.3) is 0 Å². The summed E-state index contributed by atoms with van der Waals surface area (Å²) in [7, 11) is 3.18. The Labute approximate surface area is 179 Å². The normalized spacial score (nSPS) is 10.3. The lowest BCUT2D eigenvalue weighted by molar-refractivity contribution is -0.115. The summed E-state index contributed by atoms with van der Waals surface area (Å²) in [5.41, 5.74) is 1.96. The number of hydrogen-bond acceptors (Lipinski definition) is 5. The van der Waals surface area contributed by atoms with Crippen LogP contribution >= 0.6 is 11.3 Å². The zero-order valence-electron chi connectivity index (χ0n) is 16.9. The number of methoxy groups -OCH3 is 2. The first-order valence-electron chi connectivity index (χ1n) is 9.51. The van der Waals surface area contributed by atoms with Crippen LogP contribution < -0.4 is 20.1 Å². The van der Waals surface area contributed by atoms with Crippen LogP contribution in [0, 0.1) is 0 Å². The van der Waals surface area contributed by atoms with Crippen LogP contribution in [0.2, 0.25) is 0 Å². The Hall–Kier alpha value is -3.32. The Morgan fingerprint density at radius 3 is 2.50 bits per heavy atom. The van der Waals surface area contributed by atoms with Gasteiger partial charge in [-0.3, -0.25) is 9.59 Å². The summed E-state index contributed by atoms with van der Waals surface area (Å²) in [5.74, 6) is 0.933. The number of nitrogens with one attached hydrogen (secondary N) is 2. The molecule has 0 spiro atoms. The van der Waals surface area contributed by atoms with E-state index in [1.54, 1.807) is 38.5 Å². The van der Waals surface area contributed by atoms with Gasteiger partial charge in [0.05, 0.1) is 31.9 Å². The molecule has 156 valence electrons. The number of para-hydroxylation sites is 1. The summed E-state index contributed by atoms with van der Waals surface area (Å²) >= 11 is 1.53. The number of thiophene rings is 1. The predicted molar refractivity (Wildman–Crippen MR) is 119 cm³/mol. The third-order valence-corrected chi connectivity index (χ3v) is 5.38. The van der Waals surface area contributed by atoms with Gasteiger partial charge in [0.2, 0.25) is 5.91 Å². The molecule has 2 aromatic carbocycles. The van der Waals surface area contributed by atoms with Gasteiger partial charge < -0.3 is 20.1 Å². The fraction of sp³-hybridized carbons (Fsp3) is 0.217. The van der Waals surface area contributed by atoms with Crippen molar-refractivity contribution in [1.82, 2.24) is 5.32 Å². The third kappa shape index (κ3) is 5.61. The van der Waals surface area contributed by atoms with Crippen molar-refractivity contribution in [2.45, 2.75) is 12.8 Å². The summed E-state index contributed by atoms with van der Waals surface area (Å²) in [6, 6.07) is 16.5. The Morgan fingerprint density at radius 2 is 1.77 bits per heavy atom. The van der Waals surface area contributed by atoms with Gasteiger partial charge in [-0.1, -0.05) is 24.3 Å². The topological polar surface area (TPSA) is 76.7 Å². The number of amides is 2. The molecule has 0 aliphatic rings. The highest BCUT2D eigenvalue weighted by Crippen LogP contribution is 2.27. The fourth-order valence-electron chi connectivity index (χ4n) is 3.01. The quantitative estimate of drug-likeness (QED) is 0.546. The number of rotatable bonds is 9. The van der Waals surface area contributed by atoms with E-state index in [-0.39, 0.29) is 18.2 Å². The molecule has 0 bridgehead atoms. The first kappa shape index (κ1) is 21.4. The Morgan fingerprint density at radius 1 is 0.967 bits per heavy atom. The van der Waals surface area contributed by atoms with Crippen molar-refractivity contribution in [2.24, 2.45) is 0 Å². The number of benzene rings is 2. The molecule has 7 heteroatoms. The second-order valence-electron chi connectivity index (χ2n) is 6.55. The van der Waals surface area contributed by atoms with Crippen LogP contribution in [0.3, 0.4) is 0 Å². The van der Waals surface area contributed by atoms with E-state index in [0.29, 0.717) is 35.7 Å². The minimum atomic E-state index is -0.234. The van der Waals surface area contributed by atoms with E-state index >= 15 is 0 Å². The van der Waals surface area contributed by atoms with E-state index in [1.807, 2.05) is 35.7 Å². The van der Waals surface area contributed by atoms with E-state index in [2.05, 4.69) is 10.6 Å². The first-order chi connectivity index (χ1) is 14.6. The second-order valence-corrected chi connectivity index (χ2v) is 7.58. The van der Waals surface area contributed by atoms with Gasteiger partial charge in [-0.05, 0) is 47.7 Å². The highest BCUT2D eigenvalue weighted by molar-refractivity contribution is 7.10. The predicted octanol–water partition coefficient (Wildman–Crippen LogP) is 3.92. The van der Waals surface area contributed by atoms with E-state index in [0.717, 1.165) is 10.4 Å². The molecule has 0 aliphatic heterocycles. The van der Waals surface area contributed by atoms with Crippen LogP contribution in [-0.4, -0.2) is 32.6 Å². The van der Waals surface area contributed by atoms with E-state index in [4.69, 9.17) is 9.47 Å². The minimum Gasteiger partial charge on any atom is -0.493 e. The van der Waals surface area contributed by atoms with Crippen LogP contribution in [0.1, 0.15) is 20.8 Å². The van der Waals surface area contributed by atoms with Crippen molar-refractivity contribution in [1.29, 1.82) is 0 Å². The third-order valence-electron chi connectivity index (χ3n) is 4.51. The smallest absolute Gasteiger partial charge is 0.253 e. The zero-order valence-corrected chi connectivity index (χ0v) is 17.8. The lowest BCUT2D eigenvalue weighted by Crippen LogP contribution is -2.27. The van der Waals surface area contributed by atoms with Gasteiger partial charge in [-0.2, -0.15) is 0 Å². The number of hydrogen-bond donors (Lipinski definition) is 2. The molecule has 2 N–H and O–H groups in total.